The summed E-state index contributed by atoms with van der Waals surface area (Å²) in [5, 5.41) is 16.4. The van der Waals surface area contributed by atoms with Gasteiger partial charge in [0.1, 0.15) is 0 Å². The topological polar surface area (TPSA) is 49.4 Å². The van der Waals surface area contributed by atoms with Crippen LogP contribution in [0.5, 0.6) is 0 Å². The number of hydrogen-bond acceptors (Lipinski definition) is 4. The number of azo groups is 2. The van der Waals surface area contributed by atoms with Crippen molar-refractivity contribution in [2.75, 3.05) is 7.05 Å². The molecule has 0 atom stereocenters. The molecule has 2 aromatic rings. The lowest BCUT2D eigenvalue weighted by molar-refractivity contribution is 1.14. The zero-order valence-electron chi connectivity index (χ0n) is 13.3. The van der Waals surface area contributed by atoms with Crippen molar-refractivity contribution in [3.63, 3.8) is 0 Å². The van der Waals surface area contributed by atoms with Gasteiger partial charge in [-0.3, -0.25) is 0 Å². The maximum atomic E-state index is 4.29. The van der Waals surface area contributed by atoms with Gasteiger partial charge in [0.2, 0.25) is 0 Å². The molecule has 110 valence electrons. The van der Waals surface area contributed by atoms with E-state index in [0.29, 0.717) is 0 Å². The fraction of sp³-hybridized carbons (Fsp3) is 0.294. The van der Waals surface area contributed by atoms with Crippen LogP contribution in [0.15, 0.2) is 62.9 Å². The Morgan fingerprint density at radius 2 is 1.24 bits per heavy atom. The molecular weight excluding hydrogens is 260 g/mol. The second-order valence-corrected chi connectivity index (χ2v) is 4.26. The smallest absolute Gasteiger partial charge is 0.0890 e. The first kappa shape index (κ1) is 16.7. The molecule has 0 unspecified atom stereocenters. The molecular formula is C17H22N4. The van der Waals surface area contributed by atoms with Crippen LogP contribution in [0, 0.1) is 13.8 Å². The van der Waals surface area contributed by atoms with Gasteiger partial charge in [-0.05, 0) is 49.2 Å². The van der Waals surface area contributed by atoms with Crippen LogP contribution in [0.4, 0.5) is 17.1 Å². The van der Waals surface area contributed by atoms with Crippen LogP contribution in [0.1, 0.15) is 25.0 Å². The number of rotatable bonds is 3. The summed E-state index contributed by atoms with van der Waals surface area (Å²) >= 11 is 0. The fourth-order valence-electron chi connectivity index (χ4n) is 1.72. The summed E-state index contributed by atoms with van der Waals surface area (Å²) in [5.74, 6) is 0. The van der Waals surface area contributed by atoms with Crippen molar-refractivity contribution >= 4 is 17.1 Å². The van der Waals surface area contributed by atoms with E-state index in [4.69, 9.17) is 0 Å². The lowest BCUT2D eigenvalue weighted by Gasteiger charge is -2.04. The number of nitrogens with zero attached hydrogens (tertiary/aromatic N) is 4. The summed E-state index contributed by atoms with van der Waals surface area (Å²) in [4.78, 5) is 0. The van der Waals surface area contributed by atoms with Gasteiger partial charge in [-0.15, -0.1) is 0 Å². The lowest BCUT2D eigenvalue weighted by Crippen LogP contribution is -1.79. The van der Waals surface area contributed by atoms with E-state index >= 15 is 0 Å². The van der Waals surface area contributed by atoms with Crippen LogP contribution in [0.2, 0.25) is 0 Å². The van der Waals surface area contributed by atoms with E-state index in [1.807, 2.05) is 70.2 Å². The summed E-state index contributed by atoms with van der Waals surface area (Å²) in [6, 6.07) is 13.6. The van der Waals surface area contributed by atoms with Crippen LogP contribution < -0.4 is 0 Å². The van der Waals surface area contributed by atoms with Gasteiger partial charge in [0, 0.05) is 7.05 Å². The van der Waals surface area contributed by atoms with Crippen molar-refractivity contribution < 1.29 is 0 Å². The Balaban J connectivity index is 0.00000106. The monoisotopic (exact) mass is 282 g/mol. The molecule has 0 saturated heterocycles. The molecule has 0 aromatic heterocycles. The first-order chi connectivity index (χ1) is 10.2. The Bertz CT molecular complexity index is 616. The molecule has 0 fully saturated rings. The highest BCUT2D eigenvalue weighted by Gasteiger charge is 2.03. The van der Waals surface area contributed by atoms with Gasteiger partial charge in [-0.2, -0.15) is 20.5 Å². The molecule has 4 nitrogen and oxygen atoms in total. The normalized spacial score (nSPS) is 10.7. The van der Waals surface area contributed by atoms with Crippen molar-refractivity contribution in [3.8, 4) is 0 Å². The number of hydrogen-bond donors (Lipinski definition) is 0. The van der Waals surface area contributed by atoms with E-state index in [1.165, 1.54) is 0 Å². The molecule has 2 rings (SSSR count). The number of benzene rings is 2. The van der Waals surface area contributed by atoms with Crippen LogP contribution >= 0.6 is 0 Å². The summed E-state index contributed by atoms with van der Waals surface area (Å²) in [5.41, 5.74) is 4.65. The van der Waals surface area contributed by atoms with Crippen LogP contribution in [0.3, 0.4) is 0 Å². The first-order valence-electron chi connectivity index (χ1n) is 7.08. The van der Waals surface area contributed by atoms with E-state index in [2.05, 4.69) is 20.5 Å². The van der Waals surface area contributed by atoms with Gasteiger partial charge in [0.15, 0.2) is 0 Å². The van der Waals surface area contributed by atoms with E-state index < -0.39 is 0 Å². The highest BCUT2D eigenvalue weighted by Crippen LogP contribution is 2.29. The standard InChI is InChI=1S/C15H16N4.C2H6/c1-11-10-15(12(2)9-14(11)18-16-3)19-17-13-7-5-4-6-8-13;1-2/h4-10H,1-3H3;1-2H3. The van der Waals surface area contributed by atoms with Gasteiger partial charge < -0.3 is 0 Å². The predicted octanol–water partition coefficient (Wildman–Crippen LogP) is 6.46. The molecule has 4 heteroatoms. The van der Waals surface area contributed by atoms with E-state index in [-0.39, 0.29) is 0 Å². The summed E-state index contributed by atoms with van der Waals surface area (Å²) in [6.45, 7) is 7.98. The SMILES string of the molecule is CC.CN=Nc1cc(C)c(N=Nc2ccccc2)cc1C. The minimum Gasteiger partial charge on any atom is -0.192 e. The van der Waals surface area contributed by atoms with Crippen molar-refractivity contribution in [2.45, 2.75) is 27.7 Å². The lowest BCUT2D eigenvalue weighted by atomic mass is 10.1. The van der Waals surface area contributed by atoms with E-state index in [0.717, 1.165) is 28.2 Å². The van der Waals surface area contributed by atoms with Crippen LogP contribution in [-0.4, -0.2) is 7.05 Å². The fourth-order valence-corrected chi connectivity index (χ4v) is 1.72. The van der Waals surface area contributed by atoms with E-state index in [1.54, 1.807) is 7.05 Å². The molecule has 0 spiro atoms. The Kier molecular flexibility index (Phi) is 6.95. The highest BCUT2D eigenvalue weighted by atomic mass is 15.1. The van der Waals surface area contributed by atoms with Crippen molar-refractivity contribution in [2.24, 2.45) is 20.5 Å². The minimum absolute atomic E-state index is 0.844. The Labute approximate surface area is 126 Å². The Hall–Kier alpha value is -2.36. The van der Waals surface area contributed by atoms with Gasteiger partial charge in [0.25, 0.3) is 0 Å². The predicted molar refractivity (Wildman–Crippen MR) is 88.3 cm³/mol. The maximum Gasteiger partial charge on any atom is 0.0890 e. The Morgan fingerprint density at radius 1 is 0.714 bits per heavy atom. The van der Waals surface area contributed by atoms with Crippen molar-refractivity contribution in [1.29, 1.82) is 0 Å². The quantitative estimate of drug-likeness (QED) is 0.580. The maximum absolute atomic E-state index is 4.29. The third kappa shape index (κ3) is 4.91. The highest BCUT2D eigenvalue weighted by molar-refractivity contribution is 5.58. The molecule has 0 heterocycles. The molecule has 0 bridgehead atoms. The molecule has 0 aliphatic rings. The average Bonchev–Trinajstić information content (AvgIpc) is 2.52. The zero-order valence-corrected chi connectivity index (χ0v) is 13.3. The second kappa shape index (κ2) is 8.74. The Morgan fingerprint density at radius 3 is 1.76 bits per heavy atom. The van der Waals surface area contributed by atoms with Crippen molar-refractivity contribution in [3.05, 3.63) is 53.6 Å². The molecule has 0 amide bonds. The van der Waals surface area contributed by atoms with Crippen molar-refractivity contribution in [1.82, 2.24) is 0 Å². The number of aryl methyl sites for hydroxylation is 2. The first-order valence-corrected chi connectivity index (χ1v) is 7.08. The van der Waals surface area contributed by atoms with Gasteiger partial charge in [-0.1, -0.05) is 32.0 Å². The van der Waals surface area contributed by atoms with Crippen LogP contribution in [-0.2, 0) is 0 Å². The zero-order chi connectivity index (χ0) is 15.7. The molecule has 0 saturated carbocycles. The van der Waals surface area contributed by atoms with Crippen LogP contribution in [0.25, 0.3) is 0 Å². The molecule has 21 heavy (non-hydrogen) atoms. The molecule has 0 N–H and O–H groups in total. The van der Waals surface area contributed by atoms with Gasteiger partial charge in [-0.25, -0.2) is 0 Å². The molecule has 0 aliphatic heterocycles. The minimum atomic E-state index is 0.844. The second-order valence-electron chi connectivity index (χ2n) is 4.26. The van der Waals surface area contributed by atoms with Gasteiger partial charge in [0.05, 0.1) is 17.1 Å². The van der Waals surface area contributed by atoms with E-state index in [9.17, 15) is 0 Å². The molecule has 0 aliphatic carbocycles. The summed E-state index contributed by atoms with van der Waals surface area (Å²) < 4.78 is 0. The average molecular weight is 282 g/mol. The summed E-state index contributed by atoms with van der Waals surface area (Å²) in [7, 11) is 1.66. The van der Waals surface area contributed by atoms with Gasteiger partial charge >= 0.3 is 0 Å². The third-order valence-corrected chi connectivity index (χ3v) is 2.75. The molecule has 0 radical (unpaired) electrons. The largest absolute Gasteiger partial charge is 0.192 e. The summed E-state index contributed by atoms with van der Waals surface area (Å²) in [6.07, 6.45) is 0. The molecule has 2 aromatic carbocycles. The third-order valence-electron chi connectivity index (χ3n) is 2.75.